The Morgan fingerprint density at radius 1 is 1.13 bits per heavy atom. The molecule has 2 aromatic carbocycles. The average Bonchev–Trinajstić information content (AvgIpc) is 2.73. The van der Waals surface area contributed by atoms with Gasteiger partial charge in [-0.15, -0.1) is 0 Å². The fraction of sp³-hybridized carbons (Fsp3) is 0.318. The van der Waals surface area contributed by atoms with Gasteiger partial charge in [-0.2, -0.15) is 0 Å². The lowest BCUT2D eigenvalue weighted by Crippen LogP contribution is -2.35. The van der Waals surface area contributed by atoms with Gasteiger partial charge in [0.15, 0.2) is 5.82 Å². The van der Waals surface area contributed by atoms with Crippen molar-refractivity contribution in [3.8, 4) is 0 Å². The lowest BCUT2D eigenvalue weighted by Gasteiger charge is -2.23. The van der Waals surface area contributed by atoms with Crippen LogP contribution in [-0.2, 0) is 17.9 Å². The second-order valence-electron chi connectivity index (χ2n) is 7.16. The molecule has 0 radical (unpaired) electrons. The molecule has 8 heteroatoms. The van der Waals surface area contributed by atoms with E-state index < -0.39 is 5.82 Å². The number of hydrogen-bond donors (Lipinski definition) is 1. The Labute approximate surface area is 174 Å². The van der Waals surface area contributed by atoms with Crippen LogP contribution < -0.4 is 10.5 Å². The highest BCUT2D eigenvalue weighted by Gasteiger charge is 2.18. The fourth-order valence-corrected chi connectivity index (χ4v) is 3.30. The van der Waals surface area contributed by atoms with Gasteiger partial charge in [0.25, 0.3) is 5.56 Å². The van der Waals surface area contributed by atoms with E-state index in [4.69, 9.17) is 0 Å². The van der Waals surface area contributed by atoms with Gasteiger partial charge in [0, 0.05) is 45.7 Å². The van der Waals surface area contributed by atoms with E-state index in [0.29, 0.717) is 22.4 Å². The standard InChI is InChI=1S/C22H25FN4O3/c1-25(2)21-22(30)27(19-10-6-5-9-18(19)24-21)12-11-20(29)26(13-14-28)15-16-7-3-4-8-17(16)23/h3-10,28H,11-15H2,1-2H3. The molecule has 0 spiro atoms. The van der Waals surface area contributed by atoms with Gasteiger partial charge >= 0.3 is 0 Å². The minimum absolute atomic E-state index is 0.0369. The summed E-state index contributed by atoms with van der Waals surface area (Å²) in [7, 11) is 3.48. The van der Waals surface area contributed by atoms with Crippen LogP contribution in [0.3, 0.4) is 0 Å². The second-order valence-corrected chi connectivity index (χ2v) is 7.16. The number of amides is 1. The highest BCUT2D eigenvalue weighted by Crippen LogP contribution is 2.15. The summed E-state index contributed by atoms with van der Waals surface area (Å²) in [5, 5.41) is 9.34. The molecule has 3 rings (SSSR count). The molecule has 0 fully saturated rings. The number of aromatic nitrogens is 2. The first-order valence-electron chi connectivity index (χ1n) is 9.71. The van der Waals surface area contributed by atoms with E-state index in [1.165, 1.54) is 15.5 Å². The van der Waals surface area contributed by atoms with Crippen LogP contribution in [0.5, 0.6) is 0 Å². The van der Waals surface area contributed by atoms with Crippen molar-refractivity contribution >= 4 is 22.8 Å². The summed E-state index contributed by atoms with van der Waals surface area (Å²) in [6, 6.07) is 13.5. The van der Waals surface area contributed by atoms with Crippen molar-refractivity contribution in [2.24, 2.45) is 0 Å². The van der Waals surface area contributed by atoms with Crippen molar-refractivity contribution in [3.63, 3.8) is 0 Å². The number of fused-ring (bicyclic) bond motifs is 1. The molecule has 30 heavy (non-hydrogen) atoms. The van der Waals surface area contributed by atoms with E-state index in [9.17, 15) is 19.1 Å². The van der Waals surface area contributed by atoms with E-state index in [1.807, 2.05) is 18.2 Å². The zero-order chi connectivity index (χ0) is 21.7. The molecular formula is C22H25FN4O3. The van der Waals surface area contributed by atoms with Crippen LogP contribution in [0.25, 0.3) is 11.0 Å². The number of aliphatic hydroxyl groups is 1. The monoisotopic (exact) mass is 412 g/mol. The zero-order valence-corrected chi connectivity index (χ0v) is 17.1. The summed E-state index contributed by atoms with van der Waals surface area (Å²) in [5.74, 6) is -0.383. The smallest absolute Gasteiger partial charge is 0.293 e. The Kier molecular flexibility index (Phi) is 6.79. The number of carbonyl (C=O) groups is 1. The molecule has 158 valence electrons. The van der Waals surface area contributed by atoms with Gasteiger partial charge in [0.2, 0.25) is 5.91 Å². The number of anilines is 1. The first-order chi connectivity index (χ1) is 14.4. The molecule has 1 heterocycles. The Morgan fingerprint density at radius 3 is 2.53 bits per heavy atom. The molecule has 1 amide bonds. The molecule has 0 bridgehead atoms. The maximum absolute atomic E-state index is 14.0. The molecule has 0 atom stereocenters. The van der Waals surface area contributed by atoms with Crippen LogP contribution in [0.1, 0.15) is 12.0 Å². The van der Waals surface area contributed by atoms with Gasteiger partial charge in [0.05, 0.1) is 17.6 Å². The van der Waals surface area contributed by atoms with E-state index in [2.05, 4.69) is 4.98 Å². The Bertz CT molecular complexity index is 1100. The van der Waals surface area contributed by atoms with Gasteiger partial charge in [-0.05, 0) is 18.2 Å². The highest BCUT2D eigenvalue weighted by atomic mass is 19.1. The number of halogens is 1. The van der Waals surface area contributed by atoms with Crippen LogP contribution in [0.15, 0.2) is 53.3 Å². The predicted octanol–water partition coefficient (Wildman–Crippen LogP) is 2.01. The van der Waals surface area contributed by atoms with E-state index in [1.54, 1.807) is 43.3 Å². The Morgan fingerprint density at radius 2 is 1.83 bits per heavy atom. The van der Waals surface area contributed by atoms with Gasteiger partial charge in [-0.3, -0.25) is 9.59 Å². The van der Waals surface area contributed by atoms with Gasteiger partial charge in [-0.25, -0.2) is 9.37 Å². The number of aryl methyl sites for hydroxylation is 1. The van der Waals surface area contributed by atoms with Gasteiger partial charge in [0.1, 0.15) is 5.82 Å². The van der Waals surface area contributed by atoms with Crippen LogP contribution >= 0.6 is 0 Å². The molecule has 0 saturated heterocycles. The number of para-hydroxylation sites is 2. The molecule has 0 aliphatic heterocycles. The van der Waals surface area contributed by atoms with Crippen LogP contribution in [0.2, 0.25) is 0 Å². The van der Waals surface area contributed by atoms with Crippen molar-refractivity contribution in [2.45, 2.75) is 19.5 Å². The maximum Gasteiger partial charge on any atom is 0.293 e. The second kappa shape index (κ2) is 9.49. The van der Waals surface area contributed by atoms with E-state index >= 15 is 0 Å². The molecular weight excluding hydrogens is 387 g/mol. The van der Waals surface area contributed by atoms with Crippen molar-refractivity contribution in [2.75, 3.05) is 32.1 Å². The summed E-state index contributed by atoms with van der Waals surface area (Å²) >= 11 is 0. The molecule has 0 aliphatic rings. The maximum atomic E-state index is 14.0. The van der Waals surface area contributed by atoms with Crippen LogP contribution in [0, 0.1) is 5.82 Å². The van der Waals surface area contributed by atoms with E-state index in [0.717, 1.165) is 0 Å². The van der Waals surface area contributed by atoms with Crippen molar-refractivity contribution in [3.05, 3.63) is 70.3 Å². The summed E-state index contributed by atoms with van der Waals surface area (Å²) < 4.78 is 15.5. The number of nitrogens with zero attached hydrogens (tertiary/aromatic N) is 4. The number of benzene rings is 2. The first kappa shape index (κ1) is 21.4. The molecule has 1 N–H and O–H groups in total. The zero-order valence-electron chi connectivity index (χ0n) is 17.1. The van der Waals surface area contributed by atoms with E-state index in [-0.39, 0.29) is 44.1 Å². The lowest BCUT2D eigenvalue weighted by atomic mass is 10.2. The Hall–Kier alpha value is -3.26. The largest absolute Gasteiger partial charge is 0.395 e. The fourth-order valence-electron chi connectivity index (χ4n) is 3.30. The minimum Gasteiger partial charge on any atom is -0.395 e. The minimum atomic E-state index is -0.403. The number of hydrogen-bond acceptors (Lipinski definition) is 5. The summed E-state index contributed by atoms with van der Waals surface area (Å²) in [5.41, 5.74) is 1.39. The topological polar surface area (TPSA) is 78.7 Å². The molecule has 0 saturated carbocycles. The SMILES string of the molecule is CN(C)c1nc2ccccc2n(CCC(=O)N(CCO)Cc2ccccc2F)c1=O. The number of rotatable bonds is 8. The Balaban J connectivity index is 1.85. The number of aliphatic hydroxyl groups excluding tert-OH is 1. The van der Waals surface area contributed by atoms with Crippen LogP contribution in [-0.4, -0.2) is 52.7 Å². The normalized spacial score (nSPS) is 10.9. The van der Waals surface area contributed by atoms with Crippen LogP contribution in [0.4, 0.5) is 10.2 Å². The third-order valence-corrected chi connectivity index (χ3v) is 4.85. The number of carbonyl (C=O) groups excluding carboxylic acids is 1. The quantitative estimate of drug-likeness (QED) is 0.612. The molecule has 3 aromatic rings. The summed E-state index contributed by atoms with van der Waals surface area (Å²) in [6.07, 6.45) is 0.0369. The van der Waals surface area contributed by atoms with Gasteiger partial charge < -0.3 is 19.5 Å². The third kappa shape index (κ3) is 4.65. The average molecular weight is 412 g/mol. The van der Waals surface area contributed by atoms with Crippen molar-refractivity contribution in [1.82, 2.24) is 14.5 Å². The first-order valence-corrected chi connectivity index (χ1v) is 9.71. The lowest BCUT2D eigenvalue weighted by molar-refractivity contribution is -0.132. The predicted molar refractivity (Wildman–Crippen MR) is 114 cm³/mol. The van der Waals surface area contributed by atoms with Crippen molar-refractivity contribution in [1.29, 1.82) is 0 Å². The molecule has 0 aliphatic carbocycles. The third-order valence-electron chi connectivity index (χ3n) is 4.85. The molecule has 1 aromatic heterocycles. The summed E-state index contributed by atoms with van der Waals surface area (Å²) in [6.45, 7) is 0.0625. The van der Waals surface area contributed by atoms with Gasteiger partial charge in [-0.1, -0.05) is 30.3 Å². The highest BCUT2D eigenvalue weighted by molar-refractivity contribution is 5.78. The van der Waals surface area contributed by atoms with Crippen molar-refractivity contribution < 1.29 is 14.3 Å². The molecule has 7 nitrogen and oxygen atoms in total. The molecule has 0 unspecified atom stereocenters. The summed E-state index contributed by atoms with van der Waals surface area (Å²) in [4.78, 5) is 33.2.